The van der Waals surface area contributed by atoms with E-state index in [0.717, 1.165) is 0 Å². The Morgan fingerprint density at radius 2 is 2.00 bits per heavy atom. The average Bonchev–Trinajstić information content (AvgIpc) is 2.12. The number of ether oxygens (including phenoxy) is 1. The molecular formula is C10H16O5. The molecule has 0 rings (SSSR count). The summed E-state index contributed by atoms with van der Waals surface area (Å²) in [6, 6.07) is 0. The third-order valence-corrected chi connectivity index (χ3v) is 1.83. The molecule has 5 heteroatoms. The molecule has 0 heterocycles. The van der Waals surface area contributed by atoms with Crippen LogP contribution in [-0.4, -0.2) is 28.3 Å². The van der Waals surface area contributed by atoms with Gasteiger partial charge in [-0.3, -0.25) is 9.59 Å². The van der Waals surface area contributed by atoms with Gasteiger partial charge in [-0.1, -0.05) is 6.08 Å². The minimum atomic E-state index is -1.11. The summed E-state index contributed by atoms with van der Waals surface area (Å²) in [7, 11) is 0. The first-order valence-electron chi connectivity index (χ1n) is 4.68. The number of carboxylic acids is 2. The molecule has 0 saturated carbocycles. The van der Waals surface area contributed by atoms with Crippen LogP contribution in [-0.2, 0) is 14.3 Å². The van der Waals surface area contributed by atoms with Gasteiger partial charge in [-0.15, -0.1) is 0 Å². The van der Waals surface area contributed by atoms with E-state index >= 15 is 0 Å². The topological polar surface area (TPSA) is 83.8 Å². The number of carboxylic acid groups (broad SMARTS) is 2. The van der Waals surface area contributed by atoms with Crippen molar-refractivity contribution in [3.63, 3.8) is 0 Å². The lowest BCUT2D eigenvalue weighted by atomic mass is 9.99. The van der Waals surface area contributed by atoms with E-state index in [2.05, 4.69) is 0 Å². The molecular weight excluding hydrogens is 200 g/mol. The lowest BCUT2D eigenvalue weighted by Gasteiger charge is -2.15. The Kier molecular flexibility index (Phi) is 6.17. The fourth-order valence-electron chi connectivity index (χ4n) is 1.15. The van der Waals surface area contributed by atoms with Gasteiger partial charge in [0.25, 0.3) is 0 Å². The predicted octanol–water partition coefficient (Wildman–Crippen LogP) is 1.49. The highest BCUT2D eigenvalue weighted by atomic mass is 16.5. The van der Waals surface area contributed by atoms with Crippen molar-refractivity contribution in [3.05, 3.63) is 12.3 Å². The summed E-state index contributed by atoms with van der Waals surface area (Å²) in [4.78, 5) is 21.1. The first kappa shape index (κ1) is 13.5. The molecule has 0 fully saturated rings. The number of carbonyl (C=O) groups is 2. The molecule has 0 saturated heterocycles. The summed E-state index contributed by atoms with van der Waals surface area (Å²) >= 11 is 0. The Morgan fingerprint density at radius 1 is 1.40 bits per heavy atom. The van der Waals surface area contributed by atoms with Gasteiger partial charge in [0.2, 0.25) is 0 Å². The molecule has 0 aromatic heterocycles. The van der Waals surface area contributed by atoms with E-state index in [0.29, 0.717) is 0 Å². The van der Waals surface area contributed by atoms with Crippen LogP contribution in [0.1, 0.15) is 26.7 Å². The van der Waals surface area contributed by atoms with Crippen molar-refractivity contribution < 1.29 is 24.5 Å². The van der Waals surface area contributed by atoms with Crippen LogP contribution in [0.5, 0.6) is 0 Å². The Hall–Kier alpha value is -1.52. The molecule has 0 aliphatic heterocycles. The molecule has 15 heavy (non-hydrogen) atoms. The van der Waals surface area contributed by atoms with E-state index in [1.807, 2.05) is 0 Å². The van der Waals surface area contributed by atoms with Gasteiger partial charge in [-0.2, -0.15) is 0 Å². The van der Waals surface area contributed by atoms with Crippen molar-refractivity contribution in [1.29, 1.82) is 0 Å². The van der Waals surface area contributed by atoms with E-state index < -0.39 is 17.9 Å². The first-order valence-corrected chi connectivity index (χ1v) is 4.68. The van der Waals surface area contributed by atoms with Gasteiger partial charge in [0, 0.05) is 0 Å². The van der Waals surface area contributed by atoms with Crippen molar-refractivity contribution in [1.82, 2.24) is 0 Å². The zero-order chi connectivity index (χ0) is 11.8. The predicted molar refractivity (Wildman–Crippen MR) is 53.4 cm³/mol. The molecule has 0 aromatic rings. The molecule has 5 nitrogen and oxygen atoms in total. The Morgan fingerprint density at radius 3 is 2.40 bits per heavy atom. The van der Waals surface area contributed by atoms with Crippen LogP contribution in [0.4, 0.5) is 0 Å². The molecule has 0 spiro atoms. The van der Waals surface area contributed by atoms with Crippen molar-refractivity contribution >= 4 is 11.9 Å². The zero-order valence-electron chi connectivity index (χ0n) is 8.84. The summed E-state index contributed by atoms with van der Waals surface area (Å²) in [5.74, 6) is -3.11. The molecule has 2 unspecified atom stereocenters. The largest absolute Gasteiger partial charge is 0.499 e. The van der Waals surface area contributed by atoms with Crippen LogP contribution in [0.15, 0.2) is 12.3 Å². The fraction of sp³-hybridized carbons (Fsp3) is 0.600. The van der Waals surface area contributed by atoms with Crippen LogP contribution >= 0.6 is 0 Å². The van der Waals surface area contributed by atoms with E-state index in [9.17, 15) is 9.59 Å². The smallest absolute Gasteiger partial charge is 0.307 e. The normalized spacial score (nSPS) is 14.8. The SMILES string of the molecule is CC=COC(C)CC(CC(=O)O)C(=O)O. The van der Waals surface area contributed by atoms with Gasteiger partial charge < -0.3 is 14.9 Å². The number of rotatable bonds is 7. The van der Waals surface area contributed by atoms with Crippen molar-refractivity contribution in [2.45, 2.75) is 32.8 Å². The number of allylic oxidation sites excluding steroid dienone is 1. The van der Waals surface area contributed by atoms with Gasteiger partial charge in [-0.05, 0) is 20.3 Å². The van der Waals surface area contributed by atoms with Crippen molar-refractivity contribution in [3.8, 4) is 0 Å². The summed E-state index contributed by atoms with van der Waals surface area (Å²) < 4.78 is 5.12. The third-order valence-electron chi connectivity index (χ3n) is 1.83. The lowest BCUT2D eigenvalue weighted by Crippen LogP contribution is -2.22. The fourth-order valence-corrected chi connectivity index (χ4v) is 1.15. The number of aliphatic carboxylic acids is 2. The van der Waals surface area contributed by atoms with E-state index in [1.54, 1.807) is 19.9 Å². The van der Waals surface area contributed by atoms with Crippen LogP contribution in [0.3, 0.4) is 0 Å². The maximum absolute atomic E-state index is 10.7. The number of hydrogen-bond acceptors (Lipinski definition) is 3. The minimum Gasteiger partial charge on any atom is -0.499 e. The Bertz CT molecular complexity index is 246. The third kappa shape index (κ3) is 6.54. The molecule has 0 bridgehead atoms. The van der Waals surface area contributed by atoms with Crippen molar-refractivity contribution in [2.24, 2.45) is 5.92 Å². The van der Waals surface area contributed by atoms with Gasteiger partial charge in [0.15, 0.2) is 0 Å². The summed E-state index contributed by atoms with van der Waals surface area (Å²) in [6.07, 6.45) is 2.65. The molecule has 2 N–H and O–H groups in total. The van der Waals surface area contributed by atoms with Crippen LogP contribution in [0.25, 0.3) is 0 Å². The number of hydrogen-bond donors (Lipinski definition) is 2. The highest BCUT2D eigenvalue weighted by Gasteiger charge is 2.23. The van der Waals surface area contributed by atoms with Crippen LogP contribution in [0, 0.1) is 5.92 Å². The molecule has 0 aromatic carbocycles. The first-order chi connectivity index (χ1) is 6.97. The molecule has 86 valence electrons. The molecule has 0 amide bonds. The lowest BCUT2D eigenvalue weighted by molar-refractivity contribution is -0.149. The molecule has 2 atom stereocenters. The van der Waals surface area contributed by atoms with E-state index in [-0.39, 0.29) is 18.9 Å². The second kappa shape index (κ2) is 6.86. The standard InChI is InChI=1S/C10H16O5/c1-3-4-15-7(2)5-8(10(13)14)6-9(11)12/h3-4,7-8H,5-6H2,1-2H3,(H,11,12)(H,13,14). The summed E-state index contributed by atoms with van der Waals surface area (Å²) in [6.45, 7) is 3.48. The molecule has 0 aliphatic carbocycles. The average molecular weight is 216 g/mol. The Labute approximate surface area is 88.4 Å². The van der Waals surface area contributed by atoms with Gasteiger partial charge in [0.1, 0.15) is 0 Å². The van der Waals surface area contributed by atoms with E-state index in [1.165, 1.54) is 6.26 Å². The monoisotopic (exact) mass is 216 g/mol. The highest BCUT2D eigenvalue weighted by molar-refractivity contribution is 5.77. The highest BCUT2D eigenvalue weighted by Crippen LogP contribution is 2.14. The summed E-state index contributed by atoms with van der Waals surface area (Å²) in [5.41, 5.74) is 0. The summed E-state index contributed by atoms with van der Waals surface area (Å²) in [5, 5.41) is 17.3. The Balaban J connectivity index is 4.15. The van der Waals surface area contributed by atoms with Crippen LogP contribution in [0.2, 0.25) is 0 Å². The quantitative estimate of drug-likeness (QED) is 0.630. The maximum Gasteiger partial charge on any atom is 0.307 e. The van der Waals surface area contributed by atoms with E-state index in [4.69, 9.17) is 14.9 Å². The zero-order valence-corrected chi connectivity index (χ0v) is 8.84. The second-order valence-corrected chi connectivity index (χ2v) is 3.28. The van der Waals surface area contributed by atoms with Gasteiger partial charge >= 0.3 is 11.9 Å². The minimum absolute atomic E-state index is 0.186. The second-order valence-electron chi connectivity index (χ2n) is 3.28. The maximum atomic E-state index is 10.7. The van der Waals surface area contributed by atoms with Crippen LogP contribution < -0.4 is 0 Å². The van der Waals surface area contributed by atoms with Crippen molar-refractivity contribution in [2.75, 3.05) is 0 Å². The van der Waals surface area contributed by atoms with Gasteiger partial charge in [0.05, 0.1) is 24.7 Å². The van der Waals surface area contributed by atoms with Gasteiger partial charge in [-0.25, -0.2) is 0 Å². The molecule has 0 aliphatic rings. The molecule has 0 radical (unpaired) electrons.